The van der Waals surface area contributed by atoms with Crippen LogP contribution in [0, 0.1) is 0 Å². The maximum atomic E-state index is 11.4. The fourth-order valence-corrected chi connectivity index (χ4v) is 1.37. The number of aromatic amines is 1. The predicted octanol–water partition coefficient (Wildman–Crippen LogP) is -1.47. The van der Waals surface area contributed by atoms with E-state index in [2.05, 4.69) is 9.97 Å². The lowest BCUT2D eigenvalue weighted by Crippen LogP contribution is -2.29. The first kappa shape index (κ1) is 9.38. The summed E-state index contributed by atoms with van der Waals surface area (Å²) >= 11 is 0. The molecule has 2 rings (SSSR count). The van der Waals surface area contributed by atoms with Gasteiger partial charge in [-0.25, -0.2) is 9.78 Å². The van der Waals surface area contributed by atoms with Gasteiger partial charge in [-0.05, 0) is 0 Å². The Hall–Kier alpha value is -2.18. The molecule has 0 aromatic carbocycles. The van der Waals surface area contributed by atoms with Crippen LogP contribution < -0.4 is 11.2 Å². The number of aryl methyl sites for hydroxylation is 1. The first-order valence-electron chi connectivity index (χ1n) is 4.14. The van der Waals surface area contributed by atoms with Crippen LogP contribution in [-0.4, -0.2) is 25.4 Å². The van der Waals surface area contributed by atoms with Crippen LogP contribution >= 0.6 is 0 Å². The lowest BCUT2D eigenvalue weighted by Gasteiger charge is -1.98. The summed E-state index contributed by atoms with van der Waals surface area (Å²) in [6.45, 7) is -0.0855. The van der Waals surface area contributed by atoms with Crippen molar-refractivity contribution in [2.45, 2.75) is 6.54 Å². The molecule has 0 saturated heterocycles. The lowest BCUT2D eigenvalue weighted by atomic mass is 10.5. The predicted molar refractivity (Wildman–Crippen MR) is 51.3 cm³/mol. The van der Waals surface area contributed by atoms with E-state index in [1.807, 2.05) is 0 Å². The highest BCUT2D eigenvalue weighted by Crippen LogP contribution is 2.03. The minimum Gasteiger partial charge on any atom is -0.317 e. The number of H-pyrrole nitrogens is 1. The molecule has 0 aliphatic carbocycles. The van der Waals surface area contributed by atoms with Gasteiger partial charge in [0.15, 0.2) is 11.2 Å². The second kappa shape index (κ2) is 3.19. The summed E-state index contributed by atoms with van der Waals surface area (Å²) in [6, 6.07) is 0. The Bertz CT molecular complexity index is 633. The summed E-state index contributed by atoms with van der Waals surface area (Å²) in [5.74, 6) is 0. The number of hydrogen-bond donors (Lipinski definition) is 1. The molecule has 7 heteroatoms. The summed E-state index contributed by atoms with van der Waals surface area (Å²) in [7, 11) is 1.49. The third-order valence-corrected chi connectivity index (χ3v) is 2.11. The number of imidazole rings is 1. The SMILES string of the molecule is Cn1c(=O)[nH]c(=O)c2c1ncn2C[C]=O. The molecule has 2 heterocycles. The van der Waals surface area contributed by atoms with E-state index in [0.717, 1.165) is 0 Å². The molecule has 77 valence electrons. The zero-order valence-corrected chi connectivity index (χ0v) is 7.85. The summed E-state index contributed by atoms with van der Waals surface area (Å²) in [6.07, 6.45) is 2.98. The molecule has 1 radical (unpaired) electrons. The number of aromatic nitrogens is 4. The quantitative estimate of drug-likeness (QED) is 0.651. The van der Waals surface area contributed by atoms with Crippen molar-refractivity contribution in [3.8, 4) is 0 Å². The normalized spacial score (nSPS) is 10.7. The van der Waals surface area contributed by atoms with Gasteiger partial charge in [0.25, 0.3) is 5.56 Å². The maximum Gasteiger partial charge on any atom is 0.329 e. The van der Waals surface area contributed by atoms with Crippen molar-refractivity contribution >= 4 is 17.5 Å². The molecule has 0 aliphatic heterocycles. The highest BCUT2D eigenvalue weighted by Gasteiger charge is 2.10. The third-order valence-electron chi connectivity index (χ3n) is 2.11. The second-order valence-electron chi connectivity index (χ2n) is 3.01. The second-order valence-corrected chi connectivity index (χ2v) is 3.01. The number of fused-ring (bicyclic) bond motifs is 1. The van der Waals surface area contributed by atoms with Gasteiger partial charge in [-0.3, -0.25) is 19.1 Å². The molecule has 1 N–H and O–H groups in total. The molecular formula is C8H7N4O3. The number of rotatable bonds is 2. The molecule has 0 atom stereocenters. The van der Waals surface area contributed by atoms with Gasteiger partial charge in [0, 0.05) is 7.05 Å². The fraction of sp³-hybridized carbons (Fsp3) is 0.250. The van der Waals surface area contributed by atoms with Crippen LogP contribution in [0.15, 0.2) is 15.9 Å². The van der Waals surface area contributed by atoms with Crippen molar-refractivity contribution in [2.24, 2.45) is 7.05 Å². The van der Waals surface area contributed by atoms with Gasteiger partial charge < -0.3 is 4.57 Å². The molecule has 2 aromatic rings. The molecule has 7 nitrogen and oxygen atoms in total. The molecule has 0 bridgehead atoms. The molecule has 2 aromatic heterocycles. The third kappa shape index (κ3) is 1.28. The molecule has 0 spiro atoms. The summed E-state index contributed by atoms with van der Waals surface area (Å²) in [4.78, 5) is 38.9. The van der Waals surface area contributed by atoms with Gasteiger partial charge in [0.2, 0.25) is 6.29 Å². The van der Waals surface area contributed by atoms with Gasteiger partial charge in [-0.2, -0.15) is 0 Å². The largest absolute Gasteiger partial charge is 0.329 e. The smallest absolute Gasteiger partial charge is 0.317 e. The minimum atomic E-state index is -0.555. The van der Waals surface area contributed by atoms with E-state index in [1.54, 1.807) is 6.29 Å². The molecular weight excluding hydrogens is 200 g/mol. The van der Waals surface area contributed by atoms with E-state index in [-0.39, 0.29) is 17.7 Å². The molecule has 0 unspecified atom stereocenters. The van der Waals surface area contributed by atoms with Crippen molar-refractivity contribution in [3.63, 3.8) is 0 Å². The Balaban J connectivity index is 2.93. The molecule has 0 amide bonds. The Kier molecular flexibility index (Phi) is 2.00. The van der Waals surface area contributed by atoms with Gasteiger partial charge in [-0.1, -0.05) is 0 Å². The Labute approximate surface area is 83.0 Å². The molecule has 0 aliphatic rings. The van der Waals surface area contributed by atoms with Gasteiger partial charge >= 0.3 is 5.69 Å². The zero-order valence-electron chi connectivity index (χ0n) is 7.85. The maximum absolute atomic E-state index is 11.4. The van der Waals surface area contributed by atoms with E-state index in [1.165, 1.54) is 22.5 Å². The monoisotopic (exact) mass is 207 g/mol. The lowest BCUT2D eigenvalue weighted by molar-refractivity contribution is 0.546. The average Bonchev–Trinajstić information content (AvgIpc) is 2.59. The van der Waals surface area contributed by atoms with Crippen LogP contribution in [0.1, 0.15) is 0 Å². The van der Waals surface area contributed by atoms with Crippen molar-refractivity contribution in [3.05, 3.63) is 27.2 Å². The number of nitrogens with one attached hydrogen (secondary N) is 1. The van der Waals surface area contributed by atoms with Crippen LogP contribution in [0.4, 0.5) is 0 Å². The number of nitrogens with zero attached hydrogens (tertiary/aromatic N) is 3. The average molecular weight is 207 g/mol. The van der Waals surface area contributed by atoms with Gasteiger partial charge in [0.05, 0.1) is 12.9 Å². The van der Waals surface area contributed by atoms with Crippen molar-refractivity contribution in [1.82, 2.24) is 19.1 Å². The van der Waals surface area contributed by atoms with Gasteiger partial charge in [0.1, 0.15) is 0 Å². The van der Waals surface area contributed by atoms with Crippen molar-refractivity contribution in [1.29, 1.82) is 0 Å². The van der Waals surface area contributed by atoms with Crippen molar-refractivity contribution in [2.75, 3.05) is 0 Å². The summed E-state index contributed by atoms with van der Waals surface area (Å²) < 4.78 is 2.54. The number of carbonyl (C=O) groups excluding carboxylic acids is 1. The van der Waals surface area contributed by atoms with E-state index < -0.39 is 11.2 Å². The van der Waals surface area contributed by atoms with Crippen LogP contribution in [0.25, 0.3) is 11.2 Å². The minimum absolute atomic E-state index is 0.0855. The first-order valence-corrected chi connectivity index (χ1v) is 4.14. The fourth-order valence-electron chi connectivity index (χ4n) is 1.37. The summed E-state index contributed by atoms with van der Waals surface area (Å²) in [5, 5.41) is 0. The topological polar surface area (TPSA) is 89.8 Å². The van der Waals surface area contributed by atoms with E-state index in [0.29, 0.717) is 0 Å². The van der Waals surface area contributed by atoms with Crippen LogP contribution in [0.2, 0.25) is 0 Å². The van der Waals surface area contributed by atoms with Crippen LogP contribution in [0.5, 0.6) is 0 Å². The summed E-state index contributed by atoms with van der Waals surface area (Å²) in [5.41, 5.74) is -0.645. The Morgan fingerprint density at radius 2 is 2.27 bits per heavy atom. The van der Waals surface area contributed by atoms with E-state index in [9.17, 15) is 14.4 Å². The van der Waals surface area contributed by atoms with E-state index >= 15 is 0 Å². The van der Waals surface area contributed by atoms with E-state index in [4.69, 9.17) is 0 Å². The zero-order chi connectivity index (χ0) is 11.0. The Morgan fingerprint density at radius 1 is 1.53 bits per heavy atom. The molecule has 0 fully saturated rings. The van der Waals surface area contributed by atoms with Crippen LogP contribution in [0.3, 0.4) is 0 Å². The van der Waals surface area contributed by atoms with Crippen molar-refractivity contribution < 1.29 is 4.79 Å². The van der Waals surface area contributed by atoms with Crippen LogP contribution in [-0.2, 0) is 18.4 Å². The standard InChI is InChI=1S/C8H7N4O3/c1-11-6-5(7(14)10-8(11)15)12(2-3-13)4-9-6/h4H,2H2,1H3,(H,10,14,15). The van der Waals surface area contributed by atoms with Gasteiger partial charge in [-0.15, -0.1) is 0 Å². The highest BCUT2D eigenvalue weighted by atomic mass is 16.2. The molecule has 15 heavy (non-hydrogen) atoms. The first-order chi connectivity index (χ1) is 7.15. The highest BCUT2D eigenvalue weighted by molar-refractivity contribution is 5.71. The Morgan fingerprint density at radius 3 is 2.93 bits per heavy atom. The molecule has 0 saturated carbocycles. The number of hydrogen-bond acceptors (Lipinski definition) is 4.